The van der Waals surface area contributed by atoms with Crippen LogP contribution in [0.5, 0.6) is 0 Å². The molecule has 2 aliphatic heterocycles. The molecule has 8 nitrogen and oxygen atoms in total. The van der Waals surface area contributed by atoms with Gasteiger partial charge in [0.1, 0.15) is 22.6 Å². The lowest BCUT2D eigenvalue weighted by atomic mass is 10.1. The third-order valence-electron chi connectivity index (χ3n) is 8.68. The molecule has 2 aliphatic rings. The van der Waals surface area contributed by atoms with E-state index >= 15 is 0 Å². The molecule has 0 aliphatic carbocycles. The van der Waals surface area contributed by atoms with E-state index in [2.05, 4.69) is 137 Å². The highest BCUT2D eigenvalue weighted by Crippen LogP contribution is 2.54. The lowest BCUT2D eigenvalue weighted by Crippen LogP contribution is -1.89. The number of hydrogen-bond acceptors (Lipinski definition) is 6. The molecule has 0 amide bonds. The highest BCUT2D eigenvalue weighted by atomic mass is 79.9. The maximum Gasteiger partial charge on any atom is 0.166 e. The average Bonchev–Trinajstić information content (AvgIpc) is 3.92. The topological polar surface area (TPSA) is 109 Å². The normalized spacial score (nSPS) is 12.3. The number of benzene rings is 4. The smallest absolute Gasteiger partial charge is 0.166 e. The third-order valence-corrected chi connectivity index (χ3v) is 20.8. The Hall–Kier alpha value is 0.400. The minimum absolute atomic E-state index is 0.160. The summed E-state index contributed by atoms with van der Waals surface area (Å²) < 4.78 is 3.43. The van der Waals surface area contributed by atoms with E-state index in [0.29, 0.717) is 79.6 Å². The van der Waals surface area contributed by atoms with Gasteiger partial charge in [-0.05, 0) is 127 Å². The number of aromatic nitrogens is 8. The summed E-state index contributed by atoms with van der Waals surface area (Å²) in [5.74, 6) is 0.664. The van der Waals surface area contributed by atoms with E-state index in [4.69, 9.17) is 123 Å². The maximum atomic E-state index is 7.03. The summed E-state index contributed by atoms with van der Waals surface area (Å²) in [6.45, 7) is 0. The molecule has 0 unspecified atom stereocenters. The fraction of sp³-hybridized carbons (Fsp3) is 0. The molecule has 0 radical (unpaired) electrons. The maximum absolute atomic E-state index is 7.03. The van der Waals surface area contributed by atoms with Crippen LogP contribution in [0.1, 0.15) is 0 Å². The molecule has 0 atom stereocenters. The predicted octanol–water partition coefficient (Wildman–Crippen LogP) is 18.2. The van der Waals surface area contributed by atoms with Gasteiger partial charge in [-0.15, -0.1) is 0 Å². The van der Waals surface area contributed by atoms with Crippen LogP contribution in [0.15, 0.2) is 35.8 Å². The molecule has 0 saturated heterocycles. The summed E-state index contributed by atoms with van der Waals surface area (Å²) >= 11 is 84.0. The van der Waals surface area contributed by atoms with E-state index in [-0.39, 0.29) is 86.1 Å². The number of H-pyrrole nitrogens is 2. The van der Waals surface area contributed by atoms with Crippen molar-refractivity contribution in [2.45, 2.75) is 0 Å². The van der Waals surface area contributed by atoms with Crippen molar-refractivity contribution < 1.29 is 0 Å². The van der Waals surface area contributed by atoms with Gasteiger partial charge in [0.05, 0.1) is 69.2 Å². The Labute approximate surface area is 419 Å². The molecular weight excluding hydrogens is 1420 g/mol. The highest BCUT2D eigenvalue weighted by molar-refractivity contribution is 9.12. The Morgan fingerprint density at radius 2 is 0.536 bits per heavy atom. The molecule has 282 valence electrons. The van der Waals surface area contributed by atoms with Crippen LogP contribution in [0.4, 0.5) is 0 Å². The van der Waals surface area contributed by atoms with Crippen molar-refractivity contribution in [1.82, 2.24) is 39.9 Å². The molecule has 2 N–H and O–H groups in total. The first kappa shape index (κ1) is 41.7. The monoisotopic (exact) mass is 1410 g/mol. The first-order chi connectivity index (χ1) is 26.4. The van der Waals surface area contributed by atoms with Crippen LogP contribution < -0.4 is 0 Å². The number of halogens is 16. The molecule has 4 aromatic carbocycles. The molecule has 24 heteroatoms. The first-order valence-corrected chi connectivity index (χ1v) is 24.1. The summed E-state index contributed by atoms with van der Waals surface area (Å²) in [6, 6.07) is 0. The lowest BCUT2D eigenvalue weighted by molar-refractivity contribution is 1.19. The largest absolute Gasteiger partial charge is 0.324 e. The van der Waals surface area contributed by atoms with Gasteiger partial charge in [-0.3, -0.25) is 0 Å². The SMILES string of the molecule is Clc1c(Br)c(Cl)c2c(c1Br)-c1nc-2nc2[nH]c(nc3nc(nc4[nH]c(n1)c1c(Cl)c(Br)c(Cl)c(Br)c41)-c1c(Cl)c(Br)c(Cl)c(Br)c1-3)c1c(Cl)c(Br)c(Cl)c(Br)c21. The molecule has 56 heavy (non-hydrogen) atoms. The standard InChI is InChI=1S/C32H2Br8Cl8N8/c33-9-1-5(17(41)13(37)21(9)45)29-49-25(1)53-30-6-2(10(34)22(46)14(38)18(6)42)27(50-30)55-32-8-4(12(36)24(48)16(40)20(8)44)28(52-32)56-31-7-3(26(51-31)54-29)11(35)23(47)15(39)19(7)43/h(H2,49,50,51,52,53,54,55,56). The quantitative estimate of drug-likeness (QED) is 0.116. The Balaban J connectivity index is 1.61. The van der Waals surface area contributed by atoms with E-state index in [9.17, 15) is 0 Å². The minimum atomic E-state index is 0.160. The van der Waals surface area contributed by atoms with Crippen LogP contribution in [0.25, 0.3) is 89.7 Å². The van der Waals surface area contributed by atoms with Gasteiger partial charge < -0.3 is 9.97 Å². The molecule has 3 aromatic heterocycles. The fourth-order valence-corrected chi connectivity index (χ4v) is 13.3. The molecule has 0 saturated carbocycles. The van der Waals surface area contributed by atoms with Gasteiger partial charge in [-0.2, -0.15) is 0 Å². The third kappa shape index (κ3) is 6.03. The lowest BCUT2D eigenvalue weighted by Gasteiger charge is -2.10. The number of hydrogen-bond donors (Lipinski definition) is 2. The number of aromatic amines is 2. The van der Waals surface area contributed by atoms with Crippen molar-refractivity contribution in [3.05, 3.63) is 76.0 Å². The highest BCUT2D eigenvalue weighted by Gasteiger charge is 2.33. The van der Waals surface area contributed by atoms with Gasteiger partial charge in [-0.25, -0.2) is 29.9 Å². The molecule has 0 spiro atoms. The summed E-state index contributed by atoms with van der Waals surface area (Å²) in [7, 11) is 0. The van der Waals surface area contributed by atoms with Crippen LogP contribution in [0, 0.1) is 0 Å². The number of fused-ring (bicyclic) bond motifs is 20. The molecule has 9 rings (SSSR count). The zero-order valence-electron chi connectivity index (χ0n) is 25.7. The molecule has 5 heterocycles. The van der Waals surface area contributed by atoms with Crippen LogP contribution >= 0.6 is 220 Å². The van der Waals surface area contributed by atoms with Crippen molar-refractivity contribution in [3.8, 4) is 45.6 Å². The van der Waals surface area contributed by atoms with Crippen molar-refractivity contribution in [1.29, 1.82) is 0 Å². The van der Waals surface area contributed by atoms with Gasteiger partial charge >= 0.3 is 0 Å². The molecule has 8 bridgehead atoms. The second-order valence-electron chi connectivity index (χ2n) is 11.6. The van der Waals surface area contributed by atoms with Crippen molar-refractivity contribution in [2.24, 2.45) is 0 Å². The number of nitrogens with zero attached hydrogens (tertiary/aromatic N) is 6. The van der Waals surface area contributed by atoms with Crippen molar-refractivity contribution in [3.63, 3.8) is 0 Å². The van der Waals surface area contributed by atoms with Gasteiger partial charge in [0.2, 0.25) is 0 Å². The molecule has 0 fully saturated rings. The van der Waals surface area contributed by atoms with E-state index in [1.165, 1.54) is 0 Å². The van der Waals surface area contributed by atoms with E-state index in [1.54, 1.807) is 0 Å². The second kappa shape index (κ2) is 15.0. The van der Waals surface area contributed by atoms with E-state index < -0.39 is 0 Å². The number of rotatable bonds is 0. The second-order valence-corrected chi connectivity index (χ2v) is 21.0. The van der Waals surface area contributed by atoms with Crippen LogP contribution in [-0.2, 0) is 0 Å². The van der Waals surface area contributed by atoms with Crippen LogP contribution in [0.3, 0.4) is 0 Å². The molecular formula is C32H2Br8Cl8N8. The van der Waals surface area contributed by atoms with Crippen molar-refractivity contribution >= 4 is 264 Å². The summed E-state index contributed by atoms with van der Waals surface area (Å²) in [5, 5.41) is 3.89. The zero-order valence-corrected chi connectivity index (χ0v) is 44.5. The van der Waals surface area contributed by atoms with Gasteiger partial charge in [-0.1, -0.05) is 92.8 Å². The molecule has 7 aromatic rings. The Kier molecular flexibility index (Phi) is 11.2. The Bertz CT molecular complexity index is 2830. The number of nitrogens with one attached hydrogen (secondary N) is 2. The predicted molar refractivity (Wildman–Crippen MR) is 258 cm³/mol. The average molecular weight is 1420 g/mol. The van der Waals surface area contributed by atoms with Crippen molar-refractivity contribution in [2.75, 3.05) is 0 Å². The summed E-state index contributed by atoms with van der Waals surface area (Å²) in [5.41, 5.74) is 2.73. The van der Waals surface area contributed by atoms with Crippen LogP contribution in [0.2, 0.25) is 40.2 Å². The Morgan fingerprint density at radius 1 is 0.268 bits per heavy atom. The van der Waals surface area contributed by atoms with Gasteiger partial charge in [0.15, 0.2) is 23.3 Å². The zero-order chi connectivity index (χ0) is 40.1. The summed E-state index contributed by atoms with van der Waals surface area (Å²) in [6.07, 6.45) is 0. The summed E-state index contributed by atoms with van der Waals surface area (Å²) in [4.78, 5) is 36.6. The Morgan fingerprint density at radius 3 is 0.875 bits per heavy atom. The minimum Gasteiger partial charge on any atom is -0.324 e. The van der Waals surface area contributed by atoms with Gasteiger partial charge in [0.25, 0.3) is 0 Å². The first-order valence-electron chi connectivity index (χ1n) is 14.7. The van der Waals surface area contributed by atoms with Crippen LogP contribution in [-0.4, -0.2) is 39.9 Å². The van der Waals surface area contributed by atoms with E-state index in [0.717, 1.165) is 0 Å². The van der Waals surface area contributed by atoms with Gasteiger partial charge in [0, 0.05) is 50.6 Å². The fourth-order valence-electron chi connectivity index (χ4n) is 6.24. The van der Waals surface area contributed by atoms with E-state index in [1.807, 2.05) is 0 Å².